The number of hydrogen-bond acceptors (Lipinski definition) is 10. The van der Waals surface area contributed by atoms with Crippen molar-refractivity contribution in [3.05, 3.63) is 80.0 Å². The molecule has 0 saturated carbocycles. The molecule has 13 nitrogen and oxygen atoms in total. The van der Waals surface area contributed by atoms with Crippen LogP contribution in [0.15, 0.2) is 48.7 Å². The van der Waals surface area contributed by atoms with Crippen molar-refractivity contribution in [1.82, 2.24) is 20.1 Å². The van der Waals surface area contributed by atoms with E-state index < -0.39 is 27.1 Å². The second-order valence-electron chi connectivity index (χ2n) is 7.65. The number of nitrogens with one attached hydrogen (secondary N) is 1. The van der Waals surface area contributed by atoms with Gasteiger partial charge in [0.05, 0.1) is 21.5 Å². The van der Waals surface area contributed by atoms with Gasteiger partial charge in [-0.1, -0.05) is 0 Å². The molecule has 0 radical (unpaired) electrons. The number of aryl methyl sites for hydroxylation is 1. The highest BCUT2D eigenvalue weighted by Gasteiger charge is 2.26. The lowest BCUT2D eigenvalue weighted by atomic mass is 10.1. The molecule has 0 atom stereocenters. The number of pyridine rings is 1. The number of carbonyl (C=O) groups excluding carboxylic acids is 1. The molecule has 1 aliphatic heterocycles. The summed E-state index contributed by atoms with van der Waals surface area (Å²) in [4.78, 5) is 41.2. The number of amides is 1. The molecule has 0 spiro atoms. The summed E-state index contributed by atoms with van der Waals surface area (Å²) in [6, 6.07) is 10.3. The lowest BCUT2D eigenvalue weighted by Crippen LogP contribution is -2.49. The summed E-state index contributed by atoms with van der Waals surface area (Å²) in [5.74, 6) is 1.35. The van der Waals surface area contributed by atoms with Crippen LogP contribution in [0.1, 0.15) is 15.9 Å². The number of piperazine rings is 1. The molecule has 4 rings (SSSR count). The lowest BCUT2D eigenvalue weighted by molar-refractivity contribution is -0.394. The van der Waals surface area contributed by atoms with Crippen LogP contribution >= 0.6 is 0 Å². The minimum atomic E-state index is -0.756. The summed E-state index contributed by atoms with van der Waals surface area (Å²) in [7, 11) is 0. The summed E-state index contributed by atoms with van der Waals surface area (Å²) in [5, 5.41) is 33.7. The predicted octanol–water partition coefficient (Wildman–Crippen LogP) is 2.70. The van der Waals surface area contributed by atoms with E-state index in [0.717, 1.165) is 23.8 Å². The van der Waals surface area contributed by atoms with Crippen molar-refractivity contribution < 1.29 is 14.6 Å². The zero-order valence-electron chi connectivity index (χ0n) is 18.1. The largest absolute Gasteiger partial charge is 0.352 e. The SMILES string of the molecule is Cc1ccnc(Nc2ccc(N3CCN(C(=O)c4cc([N+](=O)[O-])cc([N+](=O)[O-])c4)CC3)nn2)c1. The standard InChI is InChI=1S/C21H20N8O5/c1-14-4-5-22-19(10-14)23-18-2-3-20(25-24-18)26-6-8-27(9-7-26)21(30)15-11-16(28(31)32)13-17(12-15)29(33)34/h2-5,10-13H,6-9H2,1H3,(H,22,23,24). The molecule has 1 saturated heterocycles. The zero-order chi connectivity index (χ0) is 24.2. The molecule has 1 fully saturated rings. The minimum Gasteiger partial charge on any atom is -0.352 e. The van der Waals surface area contributed by atoms with Crippen LogP contribution in [0.2, 0.25) is 0 Å². The van der Waals surface area contributed by atoms with Crippen molar-refractivity contribution in [2.75, 3.05) is 36.4 Å². The molecule has 1 aliphatic rings. The first kappa shape index (κ1) is 22.5. The number of aromatic nitrogens is 3. The zero-order valence-corrected chi connectivity index (χ0v) is 18.1. The van der Waals surface area contributed by atoms with Gasteiger partial charge in [-0.25, -0.2) is 4.98 Å². The van der Waals surface area contributed by atoms with E-state index in [0.29, 0.717) is 43.6 Å². The van der Waals surface area contributed by atoms with Gasteiger partial charge < -0.3 is 15.1 Å². The Labute approximate surface area is 193 Å². The van der Waals surface area contributed by atoms with Gasteiger partial charge in [0.25, 0.3) is 17.3 Å². The third-order valence-corrected chi connectivity index (χ3v) is 5.28. The molecule has 174 valence electrons. The Morgan fingerprint density at radius 1 is 0.912 bits per heavy atom. The fourth-order valence-electron chi connectivity index (χ4n) is 3.55. The predicted molar refractivity (Wildman–Crippen MR) is 122 cm³/mol. The second kappa shape index (κ2) is 9.44. The van der Waals surface area contributed by atoms with E-state index in [4.69, 9.17) is 0 Å². The fraction of sp³-hybridized carbons (Fsp3) is 0.238. The second-order valence-corrected chi connectivity index (χ2v) is 7.65. The summed E-state index contributed by atoms with van der Waals surface area (Å²) >= 11 is 0. The van der Waals surface area contributed by atoms with Crippen LogP contribution in [-0.4, -0.2) is 62.0 Å². The Morgan fingerprint density at radius 2 is 1.59 bits per heavy atom. The number of hydrogen-bond donors (Lipinski definition) is 1. The van der Waals surface area contributed by atoms with Crippen molar-refractivity contribution in [3.8, 4) is 0 Å². The Kier molecular flexibility index (Phi) is 6.25. The van der Waals surface area contributed by atoms with Crippen LogP contribution in [0.3, 0.4) is 0 Å². The average Bonchev–Trinajstić information content (AvgIpc) is 2.84. The minimum absolute atomic E-state index is 0.0886. The molecule has 13 heteroatoms. The first-order valence-electron chi connectivity index (χ1n) is 10.3. The molecule has 34 heavy (non-hydrogen) atoms. The molecular weight excluding hydrogens is 444 g/mol. The number of nitrogens with zero attached hydrogens (tertiary/aromatic N) is 7. The molecule has 1 aromatic carbocycles. The molecular formula is C21H20N8O5. The highest BCUT2D eigenvalue weighted by molar-refractivity contribution is 5.95. The maximum atomic E-state index is 12.9. The van der Waals surface area contributed by atoms with Gasteiger partial charge in [0.2, 0.25) is 0 Å². The Hall–Kier alpha value is -4.68. The number of benzene rings is 1. The van der Waals surface area contributed by atoms with Gasteiger partial charge in [0.1, 0.15) is 5.82 Å². The molecule has 2 aromatic heterocycles. The number of nitro benzene ring substituents is 2. The van der Waals surface area contributed by atoms with Crippen molar-refractivity contribution >= 4 is 34.7 Å². The topological polar surface area (TPSA) is 161 Å². The molecule has 3 aromatic rings. The van der Waals surface area contributed by atoms with Crippen molar-refractivity contribution in [1.29, 1.82) is 0 Å². The lowest BCUT2D eigenvalue weighted by Gasteiger charge is -2.35. The molecule has 0 bridgehead atoms. The summed E-state index contributed by atoms with van der Waals surface area (Å²) in [6.07, 6.45) is 1.70. The third kappa shape index (κ3) is 5.03. The van der Waals surface area contributed by atoms with Crippen molar-refractivity contribution in [2.45, 2.75) is 6.92 Å². The maximum Gasteiger partial charge on any atom is 0.277 e. The van der Waals surface area contributed by atoms with Crippen LogP contribution in [-0.2, 0) is 0 Å². The normalized spacial score (nSPS) is 13.4. The van der Waals surface area contributed by atoms with Gasteiger partial charge in [-0.15, -0.1) is 10.2 Å². The van der Waals surface area contributed by atoms with Gasteiger partial charge in [-0.3, -0.25) is 25.0 Å². The van der Waals surface area contributed by atoms with Crippen LogP contribution in [0.5, 0.6) is 0 Å². The molecule has 1 N–H and O–H groups in total. The van der Waals surface area contributed by atoms with E-state index in [2.05, 4.69) is 20.5 Å². The molecule has 1 amide bonds. The number of non-ortho nitro benzene ring substituents is 2. The molecule has 0 aliphatic carbocycles. The fourth-order valence-corrected chi connectivity index (χ4v) is 3.55. The average molecular weight is 464 g/mol. The van der Waals surface area contributed by atoms with Gasteiger partial charge in [-0.2, -0.15) is 0 Å². The molecule has 3 heterocycles. The van der Waals surface area contributed by atoms with E-state index in [-0.39, 0.29) is 5.56 Å². The van der Waals surface area contributed by atoms with E-state index in [1.54, 1.807) is 12.3 Å². The van der Waals surface area contributed by atoms with Gasteiger partial charge in [0, 0.05) is 44.5 Å². The van der Waals surface area contributed by atoms with E-state index >= 15 is 0 Å². The molecule has 0 unspecified atom stereocenters. The highest BCUT2D eigenvalue weighted by atomic mass is 16.6. The van der Waals surface area contributed by atoms with Crippen LogP contribution in [0, 0.1) is 27.2 Å². The van der Waals surface area contributed by atoms with Crippen LogP contribution in [0.25, 0.3) is 0 Å². The van der Waals surface area contributed by atoms with Gasteiger partial charge in [-0.05, 0) is 36.8 Å². The van der Waals surface area contributed by atoms with Gasteiger partial charge >= 0.3 is 0 Å². The summed E-state index contributed by atoms with van der Waals surface area (Å²) < 4.78 is 0. The smallest absolute Gasteiger partial charge is 0.277 e. The van der Waals surface area contributed by atoms with Crippen molar-refractivity contribution in [2.24, 2.45) is 0 Å². The maximum absolute atomic E-state index is 12.9. The Bertz CT molecular complexity index is 1210. The monoisotopic (exact) mass is 464 g/mol. The summed E-state index contributed by atoms with van der Waals surface area (Å²) in [6.45, 7) is 3.54. The third-order valence-electron chi connectivity index (χ3n) is 5.28. The quantitative estimate of drug-likeness (QED) is 0.424. The number of nitro groups is 2. The van der Waals surface area contributed by atoms with Crippen LogP contribution < -0.4 is 10.2 Å². The number of carbonyl (C=O) groups is 1. The van der Waals surface area contributed by atoms with Crippen molar-refractivity contribution in [3.63, 3.8) is 0 Å². The van der Waals surface area contributed by atoms with Crippen LogP contribution in [0.4, 0.5) is 28.8 Å². The Balaban J connectivity index is 1.40. The van der Waals surface area contributed by atoms with E-state index in [1.807, 2.05) is 30.0 Å². The highest BCUT2D eigenvalue weighted by Crippen LogP contribution is 2.24. The Morgan fingerprint density at radius 3 is 2.15 bits per heavy atom. The van der Waals surface area contributed by atoms with E-state index in [9.17, 15) is 25.0 Å². The first-order chi connectivity index (χ1) is 16.3. The van der Waals surface area contributed by atoms with E-state index in [1.165, 1.54) is 4.90 Å². The number of rotatable bonds is 6. The summed E-state index contributed by atoms with van der Waals surface area (Å²) in [5.41, 5.74) is -0.0226. The first-order valence-corrected chi connectivity index (χ1v) is 10.3. The number of anilines is 3. The van der Waals surface area contributed by atoms with Gasteiger partial charge in [0.15, 0.2) is 11.6 Å².